The van der Waals surface area contributed by atoms with Crippen molar-refractivity contribution >= 4 is 12.1 Å². The molecule has 0 spiro atoms. The van der Waals surface area contributed by atoms with E-state index < -0.39 is 0 Å². The third kappa shape index (κ3) is 2.15. The molecule has 1 aromatic rings. The van der Waals surface area contributed by atoms with Crippen molar-refractivity contribution in [1.29, 1.82) is 0 Å². The molecule has 0 atom stereocenters. The summed E-state index contributed by atoms with van der Waals surface area (Å²) in [5.41, 5.74) is 0.619. The van der Waals surface area contributed by atoms with E-state index in [0.717, 1.165) is 38.0 Å². The lowest BCUT2D eigenvalue weighted by molar-refractivity contribution is 0.112. The van der Waals surface area contributed by atoms with Gasteiger partial charge in [-0.2, -0.15) is 0 Å². The third-order valence-corrected chi connectivity index (χ3v) is 2.71. The molecule has 80 valence electrons. The van der Waals surface area contributed by atoms with E-state index in [2.05, 4.69) is 9.88 Å². The van der Waals surface area contributed by atoms with Gasteiger partial charge in [0.1, 0.15) is 5.82 Å². The average molecular weight is 206 g/mol. The van der Waals surface area contributed by atoms with Gasteiger partial charge in [-0.05, 0) is 25.0 Å². The Morgan fingerprint density at radius 2 is 2.20 bits per heavy atom. The Balaban J connectivity index is 2.18. The molecule has 0 amide bonds. The quantitative estimate of drug-likeness (QED) is 0.729. The van der Waals surface area contributed by atoms with E-state index in [9.17, 15) is 9.90 Å². The molecule has 1 aliphatic heterocycles. The molecular formula is C11H14N2O2. The summed E-state index contributed by atoms with van der Waals surface area (Å²) in [7, 11) is 0. The Morgan fingerprint density at radius 1 is 1.47 bits per heavy atom. The normalized spacial score (nSPS) is 17.8. The van der Waals surface area contributed by atoms with Crippen molar-refractivity contribution < 1.29 is 9.90 Å². The summed E-state index contributed by atoms with van der Waals surface area (Å²) in [6, 6.07) is 3.52. The summed E-state index contributed by atoms with van der Waals surface area (Å²) < 4.78 is 0. The molecule has 0 bridgehead atoms. The van der Waals surface area contributed by atoms with E-state index in [1.165, 1.54) is 0 Å². The number of hydrogen-bond donors (Lipinski definition) is 1. The number of aromatic nitrogens is 1. The number of aliphatic hydroxyl groups excluding tert-OH is 1. The predicted octanol–water partition coefficient (Wildman–Crippen LogP) is 0.855. The van der Waals surface area contributed by atoms with E-state index in [1.54, 1.807) is 18.3 Å². The van der Waals surface area contributed by atoms with E-state index in [-0.39, 0.29) is 6.10 Å². The number of pyridine rings is 1. The number of aliphatic hydroxyl groups is 1. The van der Waals surface area contributed by atoms with Gasteiger partial charge in [0, 0.05) is 19.3 Å². The minimum Gasteiger partial charge on any atom is -0.393 e. The molecule has 1 saturated heterocycles. The van der Waals surface area contributed by atoms with Crippen LogP contribution in [-0.4, -0.2) is 35.6 Å². The van der Waals surface area contributed by atoms with Gasteiger partial charge < -0.3 is 10.0 Å². The van der Waals surface area contributed by atoms with Crippen molar-refractivity contribution in [3.05, 3.63) is 23.9 Å². The summed E-state index contributed by atoms with van der Waals surface area (Å²) in [6.45, 7) is 1.53. The first kappa shape index (κ1) is 10.1. The number of hydrogen-bond acceptors (Lipinski definition) is 4. The fourth-order valence-electron chi connectivity index (χ4n) is 1.84. The highest BCUT2D eigenvalue weighted by atomic mass is 16.3. The molecule has 0 radical (unpaired) electrons. The Bertz CT molecular complexity index is 346. The van der Waals surface area contributed by atoms with Gasteiger partial charge in [0.25, 0.3) is 0 Å². The Kier molecular flexibility index (Phi) is 2.97. The number of aldehydes is 1. The van der Waals surface area contributed by atoms with Gasteiger partial charge >= 0.3 is 0 Å². The van der Waals surface area contributed by atoms with Crippen molar-refractivity contribution in [2.75, 3.05) is 18.0 Å². The second-order valence-corrected chi connectivity index (χ2v) is 3.75. The second kappa shape index (κ2) is 4.40. The standard InChI is InChI=1S/C11H14N2O2/c14-8-9-2-1-5-12-11(9)13-6-3-10(15)4-7-13/h1-2,5,8,10,15H,3-4,6-7H2. The van der Waals surface area contributed by atoms with Gasteiger partial charge in [0.05, 0.1) is 11.7 Å². The Labute approximate surface area is 88.6 Å². The van der Waals surface area contributed by atoms with Crippen LogP contribution in [0, 0.1) is 0 Å². The van der Waals surface area contributed by atoms with Crippen LogP contribution in [0.1, 0.15) is 23.2 Å². The smallest absolute Gasteiger partial charge is 0.153 e. The van der Waals surface area contributed by atoms with Gasteiger partial charge in [-0.3, -0.25) is 4.79 Å². The zero-order valence-electron chi connectivity index (χ0n) is 8.47. The lowest BCUT2D eigenvalue weighted by Crippen LogP contribution is -2.36. The van der Waals surface area contributed by atoms with Crippen LogP contribution in [0.4, 0.5) is 5.82 Å². The predicted molar refractivity (Wildman–Crippen MR) is 57.1 cm³/mol. The van der Waals surface area contributed by atoms with Crippen molar-refractivity contribution in [2.24, 2.45) is 0 Å². The topological polar surface area (TPSA) is 53.4 Å². The van der Waals surface area contributed by atoms with Gasteiger partial charge in [-0.15, -0.1) is 0 Å². The minimum absolute atomic E-state index is 0.204. The maximum atomic E-state index is 10.8. The highest BCUT2D eigenvalue weighted by Crippen LogP contribution is 2.20. The number of carbonyl (C=O) groups excluding carboxylic acids is 1. The second-order valence-electron chi connectivity index (χ2n) is 3.75. The largest absolute Gasteiger partial charge is 0.393 e. The first-order chi connectivity index (χ1) is 7.31. The van der Waals surface area contributed by atoms with E-state index in [1.807, 2.05) is 0 Å². The number of piperidine rings is 1. The van der Waals surface area contributed by atoms with Gasteiger partial charge in [0.15, 0.2) is 6.29 Å². The molecule has 0 unspecified atom stereocenters. The molecular weight excluding hydrogens is 192 g/mol. The molecule has 1 aromatic heterocycles. The molecule has 1 fully saturated rings. The maximum Gasteiger partial charge on any atom is 0.153 e. The molecule has 2 rings (SSSR count). The number of rotatable bonds is 2. The summed E-state index contributed by atoms with van der Waals surface area (Å²) in [5.74, 6) is 0.736. The van der Waals surface area contributed by atoms with Crippen LogP contribution in [0.5, 0.6) is 0 Å². The molecule has 0 aliphatic carbocycles. The van der Waals surface area contributed by atoms with Crippen molar-refractivity contribution in [1.82, 2.24) is 4.98 Å². The van der Waals surface area contributed by atoms with Crippen LogP contribution in [-0.2, 0) is 0 Å². The summed E-state index contributed by atoms with van der Waals surface area (Å²) in [4.78, 5) is 17.1. The van der Waals surface area contributed by atoms with Gasteiger partial charge in [-0.1, -0.05) is 0 Å². The van der Waals surface area contributed by atoms with Gasteiger partial charge in [-0.25, -0.2) is 4.98 Å². The van der Waals surface area contributed by atoms with Crippen LogP contribution in [0.2, 0.25) is 0 Å². The number of carbonyl (C=O) groups is 1. The fraction of sp³-hybridized carbons (Fsp3) is 0.455. The molecule has 1 N–H and O–H groups in total. The molecule has 0 aromatic carbocycles. The summed E-state index contributed by atoms with van der Waals surface area (Å²) >= 11 is 0. The molecule has 4 heteroatoms. The average Bonchev–Trinajstić information content (AvgIpc) is 2.30. The SMILES string of the molecule is O=Cc1cccnc1N1CCC(O)CC1. The molecule has 2 heterocycles. The highest BCUT2D eigenvalue weighted by Gasteiger charge is 2.19. The Morgan fingerprint density at radius 3 is 2.87 bits per heavy atom. The van der Waals surface area contributed by atoms with Crippen LogP contribution < -0.4 is 4.90 Å². The molecule has 4 nitrogen and oxygen atoms in total. The zero-order valence-corrected chi connectivity index (χ0v) is 8.47. The van der Waals surface area contributed by atoms with Crippen LogP contribution in [0.15, 0.2) is 18.3 Å². The fourth-order valence-corrected chi connectivity index (χ4v) is 1.84. The van der Waals surface area contributed by atoms with Crippen molar-refractivity contribution in [3.63, 3.8) is 0 Å². The summed E-state index contributed by atoms with van der Waals surface area (Å²) in [6.07, 6.45) is 3.80. The maximum absolute atomic E-state index is 10.8. The molecule has 1 aliphatic rings. The third-order valence-electron chi connectivity index (χ3n) is 2.71. The molecule has 15 heavy (non-hydrogen) atoms. The van der Waals surface area contributed by atoms with Gasteiger partial charge in [0.2, 0.25) is 0 Å². The van der Waals surface area contributed by atoms with E-state index in [0.29, 0.717) is 5.56 Å². The minimum atomic E-state index is -0.204. The van der Waals surface area contributed by atoms with Crippen molar-refractivity contribution in [2.45, 2.75) is 18.9 Å². The zero-order chi connectivity index (χ0) is 10.7. The number of nitrogens with zero attached hydrogens (tertiary/aromatic N) is 2. The first-order valence-corrected chi connectivity index (χ1v) is 5.14. The van der Waals surface area contributed by atoms with Crippen LogP contribution in [0.25, 0.3) is 0 Å². The molecule has 0 saturated carbocycles. The lowest BCUT2D eigenvalue weighted by atomic mass is 10.1. The summed E-state index contributed by atoms with van der Waals surface area (Å²) in [5, 5.41) is 9.38. The van der Waals surface area contributed by atoms with Crippen LogP contribution >= 0.6 is 0 Å². The monoisotopic (exact) mass is 206 g/mol. The first-order valence-electron chi connectivity index (χ1n) is 5.14. The number of anilines is 1. The van der Waals surface area contributed by atoms with Crippen molar-refractivity contribution in [3.8, 4) is 0 Å². The Hall–Kier alpha value is -1.42. The van der Waals surface area contributed by atoms with E-state index in [4.69, 9.17) is 0 Å². The van der Waals surface area contributed by atoms with E-state index >= 15 is 0 Å². The van der Waals surface area contributed by atoms with Crippen LogP contribution in [0.3, 0.4) is 0 Å². The highest BCUT2D eigenvalue weighted by molar-refractivity contribution is 5.82. The lowest BCUT2D eigenvalue weighted by Gasteiger charge is -2.31.